The Kier molecular flexibility index (Phi) is 4.29. The Bertz CT molecular complexity index is 391. The van der Waals surface area contributed by atoms with Gasteiger partial charge in [0, 0.05) is 0 Å². The maximum atomic E-state index is 5.84. The molecule has 0 atom stereocenters. The van der Waals surface area contributed by atoms with Gasteiger partial charge >= 0.3 is 0 Å². The molecular formula is C13H18BrNO2. The van der Waals surface area contributed by atoms with Gasteiger partial charge in [0.05, 0.1) is 17.7 Å². The van der Waals surface area contributed by atoms with E-state index < -0.39 is 0 Å². The van der Waals surface area contributed by atoms with Crippen molar-refractivity contribution in [3.05, 3.63) is 22.2 Å². The van der Waals surface area contributed by atoms with Crippen LogP contribution in [0.15, 0.2) is 16.6 Å². The molecule has 1 aliphatic carbocycles. The summed E-state index contributed by atoms with van der Waals surface area (Å²) in [5.74, 6) is 1.63. The monoisotopic (exact) mass is 299 g/mol. The number of nitrogens with two attached hydrogens (primary N) is 1. The van der Waals surface area contributed by atoms with Crippen molar-refractivity contribution in [2.45, 2.75) is 31.8 Å². The van der Waals surface area contributed by atoms with E-state index >= 15 is 0 Å². The van der Waals surface area contributed by atoms with Crippen LogP contribution in [-0.4, -0.2) is 19.8 Å². The fraction of sp³-hybridized carbons (Fsp3) is 0.538. The van der Waals surface area contributed by atoms with Gasteiger partial charge in [0.1, 0.15) is 0 Å². The molecule has 1 fully saturated rings. The van der Waals surface area contributed by atoms with Crippen molar-refractivity contribution in [2.24, 2.45) is 5.73 Å². The fourth-order valence-electron chi connectivity index (χ4n) is 1.69. The predicted octanol–water partition coefficient (Wildman–Crippen LogP) is 2.89. The number of hydrogen-bond acceptors (Lipinski definition) is 3. The minimum absolute atomic E-state index is 0.370. The molecule has 0 bridgehead atoms. The summed E-state index contributed by atoms with van der Waals surface area (Å²) in [6, 6.07) is 4.13. The van der Waals surface area contributed by atoms with E-state index in [-0.39, 0.29) is 0 Å². The highest BCUT2D eigenvalue weighted by Gasteiger charge is 2.26. The van der Waals surface area contributed by atoms with Crippen molar-refractivity contribution in [2.75, 3.05) is 13.7 Å². The molecule has 0 aliphatic heterocycles. The van der Waals surface area contributed by atoms with Gasteiger partial charge in [-0.2, -0.15) is 0 Å². The molecule has 3 nitrogen and oxygen atoms in total. The molecule has 94 valence electrons. The smallest absolute Gasteiger partial charge is 0.175 e. The van der Waals surface area contributed by atoms with Gasteiger partial charge in [0.25, 0.3) is 0 Å². The molecule has 0 saturated heterocycles. The van der Waals surface area contributed by atoms with E-state index in [4.69, 9.17) is 15.2 Å². The van der Waals surface area contributed by atoms with Crippen LogP contribution in [0.4, 0.5) is 0 Å². The second-order valence-electron chi connectivity index (χ2n) is 4.32. The first-order chi connectivity index (χ1) is 8.24. The zero-order chi connectivity index (χ0) is 12.3. The summed E-state index contributed by atoms with van der Waals surface area (Å²) in [5, 5.41) is 0. The Morgan fingerprint density at radius 3 is 2.76 bits per heavy atom. The molecule has 0 unspecified atom stereocenters. The molecule has 4 heteroatoms. The number of methoxy groups -OCH3 is 1. The average molecular weight is 300 g/mol. The molecule has 0 spiro atoms. The molecule has 17 heavy (non-hydrogen) atoms. The molecule has 1 aromatic rings. The van der Waals surface area contributed by atoms with Crippen LogP contribution in [0.3, 0.4) is 0 Å². The van der Waals surface area contributed by atoms with Crippen molar-refractivity contribution >= 4 is 15.9 Å². The Balaban J connectivity index is 2.19. The number of halogens is 1. The SMILES string of the molecule is COc1cc(CCCN)cc(Br)c1OC1CC1. The van der Waals surface area contributed by atoms with E-state index in [9.17, 15) is 0 Å². The topological polar surface area (TPSA) is 44.5 Å². The molecule has 2 rings (SSSR count). The lowest BCUT2D eigenvalue weighted by Gasteiger charge is -2.14. The second-order valence-corrected chi connectivity index (χ2v) is 5.17. The first-order valence-corrected chi connectivity index (χ1v) is 6.77. The number of hydrogen-bond donors (Lipinski definition) is 1. The van der Waals surface area contributed by atoms with Gasteiger partial charge in [-0.3, -0.25) is 0 Å². The standard InChI is InChI=1S/C13H18BrNO2/c1-16-12-8-9(3-2-6-15)7-11(14)13(12)17-10-4-5-10/h7-8,10H,2-6,15H2,1H3. The molecule has 2 N–H and O–H groups in total. The van der Waals surface area contributed by atoms with Crippen molar-refractivity contribution in [1.29, 1.82) is 0 Å². The lowest BCUT2D eigenvalue weighted by atomic mass is 10.1. The van der Waals surface area contributed by atoms with Gasteiger partial charge in [-0.1, -0.05) is 0 Å². The lowest BCUT2D eigenvalue weighted by Crippen LogP contribution is -2.03. The van der Waals surface area contributed by atoms with E-state index in [0.29, 0.717) is 12.6 Å². The minimum atomic E-state index is 0.370. The summed E-state index contributed by atoms with van der Waals surface area (Å²) in [4.78, 5) is 0. The molecule has 1 aromatic carbocycles. The maximum absolute atomic E-state index is 5.84. The van der Waals surface area contributed by atoms with Crippen LogP contribution in [-0.2, 0) is 6.42 Å². The normalized spacial score (nSPS) is 14.8. The Morgan fingerprint density at radius 2 is 2.18 bits per heavy atom. The summed E-state index contributed by atoms with van der Waals surface area (Å²) in [6.45, 7) is 0.709. The van der Waals surface area contributed by atoms with Gasteiger partial charge in [-0.05, 0) is 65.9 Å². The zero-order valence-corrected chi connectivity index (χ0v) is 11.6. The van der Waals surface area contributed by atoms with Gasteiger partial charge in [0.15, 0.2) is 11.5 Å². The van der Waals surface area contributed by atoms with Gasteiger partial charge in [-0.25, -0.2) is 0 Å². The molecule has 1 aliphatic rings. The van der Waals surface area contributed by atoms with Crippen LogP contribution in [0.2, 0.25) is 0 Å². The van der Waals surface area contributed by atoms with Gasteiger partial charge in [-0.15, -0.1) is 0 Å². The summed E-state index contributed by atoms with van der Waals surface area (Å²) in [7, 11) is 1.67. The largest absolute Gasteiger partial charge is 0.493 e. The fourth-order valence-corrected chi connectivity index (χ4v) is 2.27. The maximum Gasteiger partial charge on any atom is 0.175 e. The third-order valence-corrected chi connectivity index (χ3v) is 3.36. The molecular weight excluding hydrogens is 282 g/mol. The molecule has 0 amide bonds. The van der Waals surface area contributed by atoms with Crippen molar-refractivity contribution < 1.29 is 9.47 Å². The molecule has 0 radical (unpaired) electrons. The summed E-state index contributed by atoms with van der Waals surface area (Å²) < 4.78 is 12.2. The highest BCUT2D eigenvalue weighted by molar-refractivity contribution is 9.10. The quantitative estimate of drug-likeness (QED) is 0.878. The van der Waals surface area contributed by atoms with Crippen molar-refractivity contribution in [3.8, 4) is 11.5 Å². The van der Waals surface area contributed by atoms with Gasteiger partial charge in [0.2, 0.25) is 0 Å². The second kappa shape index (κ2) is 5.74. The average Bonchev–Trinajstić information content (AvgIpc) is 3.13. The van der Waals surface area contributed by atoms with Crippen LogP contribution in [0, 0.1) is 0 Å². The van der Waals surface area contributed by atoms with Crippen molar-refractivity contribution in [3.63, 3.8) is 0 Å². The number of benzene rings is 1. The van der Waals surface area contributed by atoms with Crippen LogP contribution < -0.4 is 15.2 Å². The summed E-state index contributed by atoms with van der Waals surface area (Å²) >= 11 is 3.55. The van der Waals surface area contributed by atoms with Crippen LogP contribution >= 0.6 is 15.9 Å². The molecule has 1 saturated carbocycles. The zero-order valence-electron chi connectivity index (χ0n) is 10.0. The highest BCUT2D eigenvalue weighted by Crippen LogP contribution is 2.40. The van der Waals surface area contributed by atoms with Crippen LogP contribution in [0.25, 0.3) is 0 Å². The van der Waals surface area contributed by atoms with E-state index in [1.165, 1.54) is 5.56 Å². The van der Waals surface area contributed by atoms with Crippen LogP contribution in [0.5, 0.6) is 11.5 Å². The Morgan fingerprint density at radius 1 is 1.41 bits per heavy atom. The van der Waals surface area contributed by atoms with Crippen LogP contribution in [0.1, 0.15) is 24.8 Å². The lowest BCUT2D eigenvalue weighted by molar-refractivity contribution is 0.280. The summed E-state index contributed by atoms with van der Waals surface area (Å²) in [5.41, 5.74) is 6.75. The minimum Gasteiger partial charge on any atom is -0.493 e. The van der Waals surface area contributed by atoms with E-state index in [0.717, 1.165) is 41.7 Å². The van der Waals surface area contributed by atoms with Gasteiger partial charge < -0.3 is 15.2 Å². The first-order valence-electron chi connectivity index (χ1n) is 5.97. The Hall–Kier alpha value is -0.740. The number of rotatable bonds is 6. The third kappa shape index (κ3) is 3.36. The molecule has 0 aromatic heterocycles. The van der Waals surface area contributed by atoms with E-state index in [2.05, 4.69) is 22.0 Å². The summed E-state index contributed by atoms with van der Waals surface area (Å²) in [6.07, 6.45) is 4.61. The Labute approximate surface area is 110 Å². The van der Waals surface area contributed by atoms with E-state index in [1.807, 2.05) is 6.07 Å². The van der Waals surface area contributed by atoms with Crippen molar-refractivity contribution in [1.82, 2.24) is 0 Å². The van der Waals surface area contributed by atoms with E-state index in [1.54, 1.807) is 7.11 Å². The first kappa shape index (κ1) is 12.7. The highest BCUT2D eigenvalue weighted by atomic mass is 79.9. The molecule has 0 heterocycles. The number of aryl methyl sites for hydroxylation is 1. The third-order valence-electron chi connectivity index (χ3n) is 2.77. The predicted molar refractivity (Wildman–Crippen MR) is 71.7 cm³/mol. The number of ether oxygens (including phenoxy) is 2.